The molecule has 2 aromatic heterocycles. The van der Waals surface area contributed by atoms with Crippen LogP contribution in [0.5, 0.6) is 0 Å². The fourth-order valence-corrected chi connectivity index (χ4v) is 6.07. The number of halogens is 2. The van der Waals surface area contributed by atoms with Crippen LogP contribution < -0.4 is 5.56 Å². The third-order valence-corrected chi connectivity index (χ3v) is 8.49. The summed E-state index contributed by atoms with van der Waals surface area (Å²) in [6.07, 6.45) is 9.57. The molecule has 0 radical (unpaired) electrons. The van der Waals surface area contributed by atoms with Gasteiger partial charge in [0.2, 0.25) is 0 Å². The molecule has 1 aromatic carbocycles. The number of ether oxygens (including phenoxy) is 2. The SMILES string of the molecule is CCCCn1cc(-c2cc(F)c(CN3CCC(OC4CCN(C(=O)OC(C)(C)C)CC4)CC3)c(F)c2)c2ccncc2c1=O. The number of hydrogen-bond donors (Lipinski definition) is 0. The van der Waals surface area contributed by atoms with Crippen LogP contribution in [0.15, 0.2) is 41.6 Å². The summed E-state index contributed by atoms with van der Waals surface area (Å²) in [5.74, 6) is -1.19. The first kappa shape index (κ1) is 32.0. The van der Waals surface area contributed by atoms with Gasteiger partial charge < -0.3 is 18.9 Å². The number of amides is 1. The molecule has 0 N–H and O–H groups in total. The highest BCUT2D eigenvalue weighted by atomic mass is 19.1. The molecule has 0 saturated carbocycles. The van der Waals surface area contributed by atoms with Crippen LogP contribution in [-0.2, 0) is 22.6 Å². The van der Waals surface area contributed by atoms with Crippen molar-refractivity contribution in [1.82, 2.24) is 19.4 Å². The van der Waals surface area contributed by atoms with Crippen molar-refractivity contribution in [2.24, 2.45) is 0 Å². The van der Waals surface area contributed by atoms with E-state index in [0.717, 1.165) is 38.5 Å². The van der Waals surface area contributed by atoms with Crippen molar-refractivity contribution in [3.63, 3.8) is 0 Å². The zero-order chi connectivity index (χ0) is 31.4. The predicted octanol–water partition coefficient (Wildman–Crippen LogP) is 6.52. The van der Waals surface area contributed by atoms with E-state index < -0.39 is 17.2 Å². The molecule has 0 spiro atoms. The van der Waals surface area contributed by atoms with Crippen molar-refractivity contribution < 1.29 is 23.0 Å². The third-order valence-electron chi connectivity index (χ3n) is 8.49. The zero-order valence-electron chi connectivity index (χ0n) is 26.3. The molecule has 2 aliphatic rings. The molecule has 3 aromatic rings. The largest absolute Gasteiger partial charge is 0.444 e. The molecule has 4 heterocycles. The van der Waals surface area contributed by atoms with Crippen LogP contribution in [-0.4, -0.2) is 69.4 Å². The van der Waals surface area contributed by atoms with Gasteiger partial charge in [0.05, 0.1) is 17.6 Å². The van der Waals surface area contributed by atoms with Crippen LogP contribution in [0.25, 0.3) is 21.9 Å². The van der Waals surface area contributed by atoms with Crippen LogP contribution in [0.4, 0.5) is 13.6 Å². The number of piperidine rings is 2. The Bertz CT molecular complexity index is 1500. The Hall–Kier alpha value is -3.37. The van der Waals surface area contributed by atoms with E-state index in [9.17, 15) is 9.59 Å². The lowest BCUT2D eigenvalue weighted by Crippen LogP contribution is -2.45. The molecule has 2 saturated heterocycles. The van der Waals surface area contributed by atoms with Gasteiger partial charge in [-0.15, -0.1) is 0 Å². The molecule has 10 heteroatoms. The number of hydrogen-bond acceptors (Lipinski definition) is 6. The van der Waals surface area contributed by atoms with Crippen molar-refractivity contribution in [3.05, 3.63) is 64.3 Å². The number of nitrogens with zero attached hydrogens (tertiary/aromatic N) is 4. The van der Waals surface area contributed by atoms with Crippen molar-refractivity contribution in [2.75, 3.05) is 26.2 Å². The predicted molar refractivity (Wildman–Crippen MR) is 166 cm³/mol. The second kappa shape index (κ2) is 13.7. The first-order valence-corrected chi connectivity index (χ1v) is 15.8. The van der Waals surface area contributed by atoms with Gasteiger partial charge in [-0.1, -0.05) is 13.3 Å². The molecule has 8 nitrogen and oxygen atoms in total. The highest BCUT2D eigenvalue weighted by molar-refractivity contribution is 5.95. The summed E-state index contributed by atoms with van der Waals surface area (Å²) >= 11 is 0. The van der Waals surface area contributed by atoms with Crippen molar-refractivity contribution in [1.29, 1.82) is 0 Å². The third kappa shape index (κ3) is 7.64. The van der Waals surface area contributed by atoms with Gasteiger partial charge in [0.15, 0.2) is 0 Å². The standard InChI is InChI=1S/C34H44F2N4O4/c1-5-6-13-40-22-28(26-7-12-37-20-27(26)32(40)41)23-18-30(35)29(31(36)19-23)21-38-14-8-24(9-15-38)43-25-10-16-39(17-11-25)33(42)44-34(2,3)4/h7,12,18-20,22,24-25H,5-6,8-11,13-17,21H2,1-4H3. The molecule has 0 atom stereocenters. The Labute approximate surface area is 258 Å². The van der Waals surface area contributed by atoms with Gasteiger partial charge in [0.1, 0.15) is 17.2 Å². The molecule has 2 aliphatic heterocycles. The first-order valence-electron chi connectivity index (χ1n) is 15.8. The highest BCUT2D eigenvalue weighted by Gasteiger charge is 2.30. The smallest absolute Gasteiger partial charge is 0.410 e. The summed E-state index contributed by atoms with van der Waals surface area (Å²) in [7, 11) is 0. The number of carbonyl (C=O) groups excluding carboxylic acids is 1. The number of unbranched alkanes of at least 4 members (excludes halogenated alkanes) is 1. The van der Waals surface area contributed by atoms with Crippen LogP contribution in [0.1, 0.15) is 71.8 Å². The first-order chi connectivity index (χ1) is 21.0. The summed E-state index contributed by atoms with van der Waals surface area (Å²) < 4.78 is 44.4. The molecule has 0 unspecified atom stereocenters. The lowest BCUT2D eigenvalue weighted by atomic mass is 9.99. The monoisotopic (exact) mass is 610 g/mol. The second-order valence-corrected chi connectivity index (χ2v) is 13.0. The Balaban J connectivity index is 1.19. The summed E-state index contributed by atoms with van der Waals surface area (Å²) in [5, 5.41) is 1.06. The maximum Gasteiger partial charge on any atom is 0.410 e. The molecule has 1 amide bonds. The highest BCUT2D eigenvalue weighted by Crippen LogP contribution is 2.31. The minimum Gasteiger partial charge on any atom is -0.444 e. The number of pyridine rings is 2. The average molecular weight is 611 g/mol. The van der Waals surface area contributed by atoms with Gasteiger partial charge in [-0.05, 0) is 82.0 Å². The number of aryl methyl sites for hydroxylation is 1. The average Bonchev–Trinajstić information content (AvgIpc) is 2.99. The molecule has 0 bridgehead atoms. The Morgan fingerprint density at radius 2 is 1.64 bits per heavy atom. The normalized spacial score (nSPS) is 17.4. The fourth-order valence-electron chi connectivity index (χ4n) is 6.07. The van der Waals surface area contributed by atoms with Gasteiger partial charge >= 0.3 is 6.09 Å². The molecule has 44 heavy (non-hydrogen) atoms. The van der Waals surface area contributed by atoms with Crippen molar-refractivity contribution in [2.45, 2.75) is 97.1 Å². The molecule has 2 fully saturated rings. The van der Waals surface area contributed by atoms with Crippen molar-refractivity contribution in [3.8, 4) is 11.1 Å². The topological polar surface area (TPSA) is 76.9 Å². The number of rotatable bonds is 8. The fraction of sp³-hybridized carbons (Fsp3) is 0.559. The van der Waals surface area contributed by atoms with Crippen LogP contribution >= 0.6 is 0 Å². The van der Waals surface area contributed by atoms with E-state index in [0.29, 0.717) is 54.6 Å². The van der Waals surface area contributed by atoms with Gasteiger partial charge in [0.25, 0.3) is 5.56 Å². The quantitative estimate of drug-likeness (QED) is 0.289. The number of carbonyl (C=O) groups is 1. The van der Waals surface area contributed by atoms with Gasteiger partial charge in [-0.2, -0.15) is 0 Å². The van der Waals surface area contributed by atoms with E-state index in [1.807, 2.05) is 27.7 Å². The van der Waals surface area contributed by atoms with E-state index in [1.165, 1.54) is 18.3 Å². The lowest BCUT2D eigenvalue weighted by molar-refractivity contribution is -0.0670. The number of fused-ring (bicyclic) bond motifs is 1. The number of aromatic nitrogens is 2. The van der Waals surface area contributed by atoms with Gasteiger partial charge in [-0.3, -0.25) is 14.7 Å². The summed E-state index contributed by atoms with van der Waals surface area (Å²) in [6, 6.07) is 4.47. The van der Waals surface area contributed by atoms with E-state index in [4.69, 9.17) is 9.47 Å². The van der Waals surface area contributed by atoms with E-state index in [1.54, 1.807) is 27.9 Å². The molecular weight excluding hydrogens is 566 g/mol. The van der Waals surface area contributed by atoms with E-state index in [2.05, 4.69) is 9.88 Å². The molecule has 238 valence electrons. The van der Waals surface area contributed by atoms with Crippen LogP contribution in [0, 0.1) is 11.6 Å². The van der Waals surface area contributed by atoms with Gasteiger partial charge in [-0.25, -0.2) is 13.6 Å². The van der Waals surface area contributed by atoms with Crippen LogP contribution in [0.2, 0.25) is 0 Å². The van der Waals surface area contributed by atoms with E-state index in [-0.39, 0.29) is 36.0 Å². The van der Waals surface area contributed by atoms with Crippen LogP contribution in [0.3, 0.4) is 0 Å². The maximum atomic E-state index is 15.5. The molecule has 0 aliphatic carbocycles. The van der Waals surface area contributed by atoms with E-state index >= 15 is 8.78 Å². The summed E-state index contributed by atoms with van der Waals surface area (Å²) in [4.78, 5) is 33.2. The minimum absolute atomic E-state index is 0.0490. The van der Waals surface area contributed by atoms with Crippen molar-refractivity contribution >= 4 is 16.9 Å². The second-order valence-electron chi connectivity index (χ2n) is 13.0. The summed E-state index contributed by atoms with van der Waals surface area (Å²) in [6.45, 7) is 10.9. The van der Waals surface area contributed by atoms with Gasteiger partial charge in [0, 0.05) is 69.0 Å². The number of likely N-dealkylation sites (tertiary alicyclic amines) is 2. The number of benzene rings is 1. The lowest BCUT2D eigenvalue weighted by Gasteiger charge is -2.37. The summed E-state index contributed by atoms with van der Waals surface area (Å²) in [5.41, 5.74) is 0.391. The molecular formula is C34H44F2N4O4. The minimum atomic E-state index is -0.594. The zero-order valence-corrected chi connectivity index (χ0v) is 26.3. The maximum absolute atomic E-state index is 15.5. The Kier molecular flexibility index (Phi) is 10.00. The Morgan fingerprint density at radius 1 is 1.00 bits per heavy atom. The molecule has 5 rings (SSSR count). The Morgan fingerprint density at radius 3 is 2.25 bits per heavy atom.